The SMILES string of the molecule is OS(=S)Cc1ccccc1. The Morgan fingerprint density at radius 1 is 1.30 bits per heavy atom. The molecule has 0 fully saturated rings. The molecular formula is C7H8OS2. The van der Waals surface area contributed by atoms with Crippen molar-refractivity contribution in [3.8, 4) is 0 Å². The summed E-state index contributed by atoms with van der Waals surface area (Å²) >= 11 is 4.64. The maximum Gasteiger partial charge on any atom is 0.0474 e. The first-order chi connectivity index (χ1) is 4.79. The largest absolute Gasteiger partial charge is 0.327 e. The summed E-state index contributed by atoms with van der Waals surface area (Å²) in [6.07, 6.45) is 0. The standard InChI is InChI=1S/C7H8OS2/c8-10(9)6-7-4-2-1-3-5-7/h1-5H,6H2,(H,8,9). The van der Waals surface area contributed by atoms with E-state index in [9.17, 15) is 0 Å². The molecule has 0 saturated carbocycles. The van der Waals surface area contributed by atoms with E-state index in [0.717, 1.165) is 5.56 Å². The predicted molar refractivity (Wildman–Crippen MR) is 47.5 cm³/mol. The first-order valence-corrected chi connectivity index (χ1v) is 5.18. The third-order valence-electron chi connectivity index (χ3n) is 1.13. The molecule has 0 aliphatic rings. The minimum atomic E-state index is -0.883. The second-order valence-corrected chi connectivity index (χ2v) is 4.04. The zero-order chi connectivity index (χ0) is 7.40. The van der Waals surface area contributed by atoms with Gasteiger partial charge in [0, 0.05) is 15.5 Å². The molecule has 0 radical (unpaired) electrons. The van der Waals surface area contributed by atoms with Crippen LogP contribution < -0.4 is 0 Å². The summed E-state index contributed by atoms with van der Waals surface area (Å²) in [5.41, 5.74) is 1.10. The van der Waals surface area contributed by atoms with E-state index in [1.165, 1.54) is 0 Å². The maximum atomic E-state index is 8.85. The minimum Gasteiger partial charge on any atom is -0.327 e. The lowest BCUT2D eigenvalue weighted by atomic mass is 10.2. The number of rotatable bonds is 2. The predicted octanol–water partition coefficient (Wildman–Crippen LogP) is 1.74. The van der Waals surface area contributed by atoms with E-state index in [0.29, 0.717) is 5.75 Å². The van der Waals surface area contributed by atoms with Crippen molar-refractivity contribution in [2.45, 2.75) is 5.75 Å². The maximum absolute atomic E-state index is 8.85. The van der Waals surface area contributed by atoms with Crippen LogP contribution in [0.25, 0.3) is 0 Å². The molecule has 0 aliphatic heterocycles. The van der Waals surface area contributed by atoms with E-state index in [-0.39, 0.29) is 0 Å². The quantitative estimate of drug-likeness (QED) is 0.733. The summed E-state index contributed by atoms with van der Waals surface area (Å²) < 4.78 is 8.85. The van der Waals surface area contributed by atoms with Crippen molar-refractivity contribution in [2.75, 3.05) is 0 Å². The molecule has 54 valence electrons. The number of hydrogen-bond acceptors (Lipinski definition) is 1. The van der Waals surface area contributed by atoms with Crippen LogP contribution >= 0.6 is 0 Å². The van der Waals surface area contributed by atoms with Gasteiger partial charge in [0.25, 0.3) is 0 Å². The summed E-state index contributed by atoms with van der Waals surface area (Å²) in [4.78, 5) is 0. The van der Waals surface area contributed by atoms with Gasteiger partial charge in [-0.25, -0.2) is 0 Å². The summed E-state index contributed by atoms with van der Waals surface area (Å²) in [5.74, 6) is 0.593. The van der Waals surface area contributed by atoms with E-state index in [4.69, 9.17) is 4.55 Å². The zero-order valence-electron chi connectivity index (χ0n) is 5.36. The highest BCUT2D eigenvalue weighted by Crippen LogP contribution is 2.00. The van der Waals surface area contributed by atoms with Gasteiger partial charge in [-0.3, -0.25) is 0 Å². The summed E-state index contributed by atoms with van der Waals surface area (Å²) in [5, 5.41) is 0. The molecule has 1 aromatic carbocycles. The average Bonchev–Trinajstić information content (AvgIpc) is 1.88. The van der Waals surface area contributed by atoms with Crippen LogP contribution in [0.3, 0.4) is 0 Å². The van der Waals surface area contributed by atoms with Gasteiger partial charge in [0.05, 0.1) is 0 Å². The Kier molecular flexibility index (Phi) is 2.99. The topological polar surface area (TPSA) is 20.2 Å². The highest BCUT2D eigenvalue weighted by Gasteiger charge is 1.90. The Hall–Kier alpha value is -0.250. The van der Waals surface area contributed by atoms with E-state index >= 15 is 0 Å². The Labute approximate surface area is 67.5 Å². The van der Waals surface area contributed by atoms with Crippen molar-refractivity contribution < 1.29 is 4.55 Å². The third kappa shape index (κ3) is 2.56. The molecule has 3 heteroatoms. The van der Waals surface area contributed by atoms with Crippen LogP contribution in [0, 0.1) is 0 Å². The first-order valence-electron chi connectivity index (χ1n) is 2.90. The lowest BCUT2D eigenvalue weighted by Gasteiger charge is -1.95. The molecule has 1 aromatic rings. The van der Waals surface area contributed by atoms with Crippen molar-refractivity contribution in [3.63, 3.8) is 0 Å². The van der Waals surface area contributed by atoms with Crippen LogP contribution in [-0.2, 0) is 26.7 Å². The molecule has 1 nitrogen and oxygen atoms in total. The normalized spacial score (nSPS) is 12.9. The van der Waals surface area contributed by atoms with Crippen LogP contribution in [0.4, 0.5) is 0 Å². The molecule has 1 N–H and O–H groups in total. The lowest BCUT2D eigenvalue weighted by Crippen LogP contribution is -1.89. The number of benzene rings is 1. The minimum absolute atomic E-state index is 0.593. The fraction of sp³-hybridized carbons (Fsp3) is 0.143. The van der Waals surface area contributed by atoms with E-state index < -0.39 is 9.74 Å². The molecular weight excluding hydrogens is 164 g/mol. The van der Waals surface area contributed by atoms with Crippen LogP contribution in [0.5, 0.6) is 0 Å². The lowest BCUT2D eigenvalue weighted by molar-refractivity contribution is 0.655. The van der Waals surface area contributed by atoms with Gasteiger partial charge in [-0.15, -0.1) is 0 Å². The van der Waals surface area contributed by atoms with Crippen LogP contribution in [-0.4, -0.2) is 4.55 Å². The first kappa shape index (κ1) is 7.85. The van der Waals surface area contributed by atoms with Crippen molar-refractivity contribution >= 4 is 20.9 Å². The summed E-state index contributed by atoms with van der Waals surface area (Å²) in [7, 11) is -0.883. The zero-order valence-corrected chi connectivity index (χ0v) is 6.99. The molecule has 1 rings (SSSR count). The van der Waals surface area contributed by atoms with E-state index in [2.05, 4.69) is 11.2 Å². The molecule has 0 amide bonds. The van der Waals surface area contributed by atoms with Gasteiger partial charge < -0.3 is 4.55 Å². The molecule has 1 atom stereocenters. The Morgan fingerprint density at radius 2 is 1.90 bits per heavy atom. The molecule has 0 bridgehead atoms. The average molecular weight is 172 g/mol. The van der Waals surface area contributed by atoms with Gasteiger partial charge in [0.2, 0.25) is 0 Å². The van der Waals surface area contributed by atoms with Gasteiger partial charge in [-0.2, -0.15) is 0 Å². The number of hydrogen-bond donors (Lipinski definition) is 1. The van der Waals surface area contributed by atoms with E-state index in [1.807, 2.05) is 30.3 Å². The highest BCUT2D eigenvalue weighted by atomic mass is 32.8. The van der Waals surface area contributed by atoms with Gasteiger partial charge in [0.15, 0.2) is 0 Å². The highest BCUT2D eigenvalue weighted by molar-refractivity contribution is 8.25. The van der Waals surface area contributed by atoms with Gasteiger partial charge in [-0.05, 0) is 16.8 Å². The molecule has 0 aliphatic carbocycles. The summed E-state index contributed by atoms with van der Waals surface area (Å²) in [6.45, 7) is 0. The summed E-state index contributed by atoms with van der Waals surface area (Å²) in [6, 6.07) is 9.75. The molecule has 1 unspecified atom stereocenters. The van der Waals surface area contributed by atoms with E-state index in [1.54, 1.807) is 0 Å². The molecule has 0 saturated heterocycles. The van der Waals surface area contributed by atoms with Gasteiger partial charge >= 0.3 is 0 Å². The van der Waals surface area contributed by atoms with Gasteiger partial charge in [0.1, 0.15) is 0 Å². The second-order valence-electron chi connectivity index (χ2n) is 1.95. The van der Waals surface area contributed by atoms with Crippen molar-refractivity contribution in [1.29, 1.82) is 0 Å². The van der Waals surface area contributed by atoms with Gasteiger partial charge in [-0.1, -0.05) is 30.3 Å². The van der Waals surface area contributed by atoms with Crippen molar-refractivity contribution in [3.05, 3.63) is 35.9 Å². The third-order valence-corrected chi connectivity index (χ3v) is 2.07. The smallest absolute Gasteiger partial charge is 0.0474 e. The molecule has 0 spiro atoms. The van der Waals surface area contributed by atoms with Crippen molar-refractivity contribution in [1.82, 2.24) is 0 Å². The van der Waals surface area contributed by atoms with Crippen LogP contribution in [0.1, 0.15) is 5.56 Å². The van der Waals surface area contributed by atoms with Crippen LogP contribution in [0.15, 0.2) is 30.3 Å². The van der Waals surface area contributed by atoms with Crippen molar-refractivity contribution in [2.24, 2.45) is 0 Å². The Balaban J connectivity index is 2.67. The monoisotopic (exact) mass is 172 g/mol. The van der Waals surface area contributed by atoms with Crippen LogP contribution in [0.2, 0.25) is 0 Å². The molecule has 0 aromatic heterocycles. The molecule has 10 heavy (non-hydrogen) atoms. The fourth-order valence-electron chi connectivity index (χ4n) is 0.717. The second kappa shape index (κ2) is 3.81. The Morgan fingerprint density at radius 3 is 2.40 bits per heavy atom. The Bertz CT molecular complexity index is 220. The molecule has 0 heterocycles. The fourth-order valence-corrected chi connectivity index (χ4v) is 1.60.